The van der Waals surface area contributed by atoms with Crippen LogP contribution in [0.4, 0.5) is 5.69 Å². The normalized spacial score (nSPS) is 14.7. The van der Waals surface area contributed by atoms with Crippen LogP contribution in [0.3, 0.4) is 0 Å². The van der Waals surface area contributed by atoms with Gasteiger partial charge in [0, 0.05) is 24.0 Å². The Morgan fingerprint density at radius 3 is 2.38 bits per heavy atom. The molecule has 2 aliphatic rings. The van der Waals surface area contributed by atoms with Gasteiger partial charge in [-0.25, -0.2) is 0 Å². The summed E-state index contributed by atoms with van der Waals surface area (Å²) in [5.74, 6) is 0.601. The molecule has 7 heteroatoms. The molecule has 1 saturated heterocycles. The standard InChI is InChI=1S/C27H28N2O4S/c1-32-22-15-20(27(31)29-12-6-3-7-13-29)21(16-23(22)33-2)28-26(30)24-14-18-11-10-17-8-4-5-9-19(17)25(18)34-24/h4-5,8-9,14-16H,3,6-7,10-13H2,1-2H3,(H,28,30). The van der Waals surface area contributed by atoms with Gasteiger partial charge in [-0.1, -0.05) is 24.3 Å². The molecular weight excluding hydrogens is 448 g/mol. The number of nitrogens with zero attached hydrogens (tertiary/aromatic N) is 1. The van der Waals surface area contributed by atoms with E-state index in [-0.39, 0.29) is 11.8 Å². The summed E-state index contributed by atoms with van der Waals surface area (Å²) in [6.07, 6.45) is 5.01. The van der Waals surface area contributed by atoms with Gasteiger partial charge in [0.15, 0.2) is 11.5 Å². The van der Waals surface area contributed by atoms with E-state index in [0.717, 1.165) is 50.1 Å². The number of carbonyl (C=O) groups excluding carboxylic acids is 2. The first-order valence-electron chi connectivity index (χ1n) is 11.7. The summed E-state index contributed by atoms with van der Waals surface area (Å²) in [6.45, 7) is 1.44. The van der Waals surface area contributed by atoms with Crippen molar-refractivity contribution >= 4 is 28.8 Å². The third-order valence-corrected chi connectivity index (χ3v) is 7.81. The number of rotatable bonds is 5. The summed E-state index contributed by atoms with van der Waals surface area (Å²) in [5, 5.41) is 2.99. The smallest absolute Gasteiger partial charge is 0.265 e. The third-order valence-electron chi connectivity index (χ3n) is 6.60. The van der Waals surface area contributed by atoms with Gasteiger partial charge in [0.25, 0.3) is 11.8 Å². The van der Waals surface area contributed by atoms with Gasteiger partial charge in [0.2, 0.25) is 0 Å². The van der Waals surface area contributed by atoms with Gasteiger partial charge < -0.3 is 19.7 Å². The zero-order valence-electron chi connectivity index (χ0n) is 19.5. The molecule has 1 N–H and O–H groups in total. The molecule has 1 aromatic heterocycles. The predicted molar refractivity (Wildman–Crippen MR) is 134 cm³/mol. The first kappa shape index (κ1) is 22.5. The second-order valence-electron chi connectivity index (χ2n) is 8.68. The van der Waals surface area contributed by atoms with Crippen LogP contribution in [-0.2, 0) is 12.8 Å². The number of hydrogen-bond donors (Lipinski definition) is 1. The monoisotopic (exact) mass is 476 g/mol. The number of aryl methyl sites for hydroxylation is 2. The Morgan fingerprint density at radius 1 is 0.912 bits per heavy atom. The van der Waals surface area contributed by atoms with E-state index >= 15 is 0 Å². The maximum absolute atomic E-state index is 13.4. The van der Waals surface area contributed by atoms with Crippen LogP contribution in [0.1, 0.15) is 50.4 Å². The Morgan fingerprint density at radius 2 is 1.62 bits per heavy atom. The van der Waals surface area contributed by atoms with E-state index in [1.807, 2.05) is 17.0 Å². The van der Waals surface area contributed by atoms with E-state index in [9.17, 15) is 9.59 Å². The highest BCUT2D eigenvalue weighted by Crippen LogP contribution is 2.40. The van der Waals surface area contributed by atoms with Crippen molar-refractivity contribution in [2.75, 3.05) is 32.6 Å². The van der Waals surface area contributed by atoms with Gasteiger partial charge >= 0.3 is 0 Å². The van der Waals surface area contributed by atoms with Crippen LogP contribution in [0, 0.1) is 0 Å². The maximum atomic E-state index is 13.4. The van der Waals surface area contributed by atoms with E-state index in [0.29, 0.717) is 27.6 Å². The van der Waals surface area contributed by atoms with Crippen molar-refractivity contribution in [3.8, 4) is 21.9 Å². The molecule has 34 heavy (non-hydrogen) atoms. The zero-order valence-corrected chi connectivity index (χ0v) is 20.3. The molecule has 0 radical (unpaired) electrons. The Kier molecular flexibility index (Phi) is 6.28. The first-order valence-corrected chi connectivity index (χ1v) is 12.5. The molecule has 2 heterocycles. The largest absolute Gasteiger partial charge is 0.493 e. The van der Waals surface area contributed by atoms with Crippen LogP contribution < -0.4 is 14.8 Å². The lowest BCUT2D eigenvalue weighted by Crippen LogP contribution is -2.36. The highest BCUT2D eigenvalue weighted by atomic mass is 32.1. The number of amides is 2. The molecule has 1 aliphatic carbocycles. The van der Waals surface area contributed by atoms with Gasteiger partial charge in [-0.3, -0.25) is 9.59 Å². The molecule has 1 aliphatic heterocycles. The van der Waals surface area contributed by atoms with Crippen LogP contribution in [0.15, 0.2) is 42.5 Å². The number of methoxy groups -OCH3 is 2. The quantitative estimate of drug-likeness (QED) is 0.535. The van der Waals surface area contributed by atoms with Crippen LogP contribution in [0.25, 0.3) is 10.4 Å². The van der Waals surface area contributed by atoms with Gasteiger partial charge in [-0.05, 0) is 60.9 Å². The number of thiophene rings is 1. The highest BCUT2D eigenvalue weighted by molar-refractivity contribution is 7.17. The molecule has 3 aromatic rings. The second kappa shape index (κ2) is 9.50. The van der Waals surface area contributed by atoms with E-state index in [4.69, 9.17) is 9.47 Å². The average molecular weight is 477 g/mol. The minimum atomic E-state index is -0.225. The molecule has 0 atom stereocenters. The maximum Gasteiger partial charge on any atom is 0.265 e. The Labute approximate surface area is 203 Å². The van der Waals surface area contributed by atoms with Crippen molar-refractivity contribution in [3.63, 3.8) is 0 Å². The average Bonchev–Trinajstić information content (AvgIpc) is 3.34. The highest BCUT2D eigenvalue weighted by Gasteiger charge is 2.26. The van der Waals surface area contributed by atoms with Crippen molar-refractivity contribution in [3.05, 3.63) is 64.0 Å². The van der Waals surface area contributed by atoms with Gasteiger partial charge in [0.05, 0.1) is 30.3 Å². The fourth-order valence-electron chi connectivity index (χ4n) is 4.79. The SMILES string of the molecule is COc1cc(NC(=O)c2cc3c(s2)-c2ccccc2CC3)c(C(=O)N2CCCCC2)cc1OC. The third kappa shape index (κ3) is 4.16. The van der Waals surface area contributed by atoms with Crippen molar-refractivity contribution < 1.29 is 19.1 Å². The van der Waals surface area contributed by atoms with Crippen LogP contribution in [0.5, 0.6) is 11.5 Å². The topological polar surface area (TPSA) is 67.9 Å². The summed E-state index contributed by atoms with van der Waals surface area (Å²) in [7, 11) is 3.08. The minimum Gasteiger partial charge on any atom is -0.493 e. The number of nitrogens with one attached hydrogen (secondary N) is 1. The van der Waals surface area contributed by atoms with Crippen molar-refractivity contribution in [1.29, 1.82) is 0 Å². The number of carbonyl (C=O) groups is 2. The van der Waals surface area contributed by atoms with Crippen LogP contribution >= 0.6 is 11.3 Å². The number of piperidine rings is 1. The van der Waals surface area contributed by atoms with Crippen LogP contribution in [-0.4, -0.2) is 44.0 Å². The molecule has 2 amide bonds. The number of anilines is 1. The van der Waals surface area contributed by atoms with Gasteiger partial charge in [-0.2, -0.15) is 0 Å². The van der Waals surface area contributed by atoms with Crippen molar-refractivity contribution in [2.24, 2.45) is 0 Å². The lowest BCUT2D eigenvalue weighted by Gasteiger charge is -2.28. The van der Waals surface area contributed by atoms with E-state index < -0.39 is 0 Å². The van der Waals surface area contributed by atoms with Crippen molar-refractivity contribution in [2.45, 2.75) is 32.1 Å². The fraction of sp³-hybridized carbons (Fsp3) is 0.333. The van der Waals surface area contributed by atoms with E-state index in [2.05, 4.69) is 23.5 Å². The first-order chi connectivity index (χ1) is 16.6. The molecule has 0 saturated carbocycles. The number of benzene rings is 2. The van der Waals surface area contributed by atoms with Crippen molar-refractivity contribution in [1.82, 2.24) is 4.90 Å². The lowest BCUT2D eigenvalue weighted by molar-refractivity contribution is 0.0725. The number of fused-ring (bicyclic) bond motifs is 3. The Bertz CT molecular complexity index is 1240. The number of hydrogen-bond acceptors (Lipinski definition) is 5. The number of likely N-dealkylation sites (tertiary alicyclic amines) is 1. The molecule has 5 rings (SSSR count). The van der Waals surface area contributed by atoms with Crippen LogP contribution in [0.2, 0.25) is 0 Å². The Hall–Kier alpha value is -3.32. The predicted octanol–water partition coefficient (Wildman–Crippen LogP) is 5.41. The molecule has 0 bridgehead atoms. The molecule has 176 valence electrons. The summed E-state index contributed by atoms with van der Waals surface area (Å²) < 4.78 is 10.9. The molecule has 2 aromatic carbocycles. The summed E-state index contributed by atoms with van der Waals surface area (Å²) in [5.41, 5.74) is 4.58. The summed E-state index contributed by atoms with van der Waals surface area (Å²) in [6, 6.07) is 13.7. The van der Waals surface area contributed by atoms with E-state index in [1.165, 1.54) is 28.0 Å². The van der Waals surface area contributed by atoms with Gasteiger partial charge in [0.1, 0.15) is 0 Å². The summed E-state index contributed by atoms with van der Waals surface area (Å²) in [4.78, 5) is 30.4. The zero-order chi connectivity index (χ0) is 23.7. The van der Waals surface area contributed by atoms with E-state index in [1.54, 1.807) is 26.4 Å². The molecule has 1 fully saturated rings. The van der Waals surface area contributed by atoms with Gasteiger partial charge in [-0.15, -0.1) is 11.3 Å². The molecular formula is C27H28N2O4S. The lowest BCUT2D eigenvalue weighted by atomic mass is 9.91. The molecule has 6 nitrogen and oxygen atoms in total. The minimum absolute atomic E-state index is 0.102. The molecule has 0 spiro atoms. The fourth-order valence-corrected chi connectivity index (χ4v) is 5.96. The second-order valence-corrected chi connectivity index (χ2v) is 9.73. The Balaban J connectivity index is 1.47. The number of ether oxygens (including phenoxy) is 2. The summed E-state index contributed by atoms with van der Waals surface area (Å²) >= 11 is 1.50. The molecule has 0 unspecified atom stereocenters.